The van der Waals surface area contributed by atoms with Crippen molar-refractivity contribution >= 4 is 0 Å². The van der Waals surface area contributed by atoms with Crippen LogP contribution in [-0.2, 0) is 6.54 Å². The molecule has 0 amide bonds. The van der Waals surface area contributed by atoms with Gasteiger partial charge in [0.2, 0.25) is 0 Å². The van der Waals surface area contributed by atoms with Gasteiger partial charge in [0.05, 0.1) is 0 Å². The zero-order chi connectivity index (χ0) is 13.7. The van der Waals surface area contributed by atoms with Gasteiger partial charge in [-0.2, -0.15) is 0 Å². The molecule has 1 aromatic carbocycles. The first-order valence-corrected chi connectivity index (χ1v) is 8.09. The molecular weight excluding hydrogens is 249 g/mol. The molecule has 0 unspecified atom stereocenters. The summed E-state index contributed by atoms with van der Waals surface area (Å²) in [7, 11) is 2.29. The maximum absolute atomic E-state index is 13.0. The second-order valence-corrected chi connectivity index (χ2v) is 7.62. The number of hydrogen-bond donors (Lipinski definition) is 0. The number of halogens is 1. The van der Waals surface area contributed by atoms with Gasteiger partial charge in [0.1, 0.15) is 5.82 Å². The molecule has 4 aliphatic carbocycles. The predicted molar refractivity (Wildman–Crippen MR) is 78.8 cm³/mol. The molecule has 4 aliphatic rings. The molecule has 0 atom stereocenters. The van der Waals surface area contributed by atoms with Crippen LogP contribution < -0.4 is 0 Å². The van der Waals surface area contributed by atoms with Crippen LogP contribution in [0.15, 0.2) is 24.3 Å². The fraction of sp³-hybridized carbons (Fsp3) is 0.667. The van der Waals surface area contributed by atoms with E-state index < -0.39 is 0 Å². The van der Waals surface area contributed by atoms with Crippen molar-refractivity contribution in [2.45, 2.75) is 50.6 Å². The van der Waals surface area contributed by atoms with E-state index in [9.17, 15) is 4.39 Å². The van der Waals surface area contributed by atoms with Crippen LogP contribution in [0.25, 0.3) is 0 Å². The molecule has 1 aromatic rings. The van der Waals surface area contributed by atoms with E-state index in [1.807, 2.05) is 12.1 Å². The van der Waals surface area contributed by atoms with Gasteiger partial charge in [-0.3, -0.25) is 4.90 Å². The molecule has 4 saturated carbocycles. The summed E-state index contributed by atoms with van der Waals surface area (Å²) in [6.07, 6.45) is 8.67. The third-order valence-corrected chi connectivity index (χ3v) is 6.15. The normalized spacial score (nSPS) is 38.6. The molecule has 0 radical (unpaired) electrons. The molecule has 0 aromatic heterocycles. The van der Waals surface area contributed by atoms with Crippen molar-refractivity contribution in [3.8, 4) is 0 Å². The van der Waals surface area contributed by atoms with Gasteiger partial charge in [-0.15, -0.1) is 0 Å². The van der Waals surface area contributed by atoms with E-state index in [2.05, 4.69) is 11.9 Å². The third-order valence-electron chi connectivity index (χ3n) is 6.15. The quantitative estimate of drug-likeness (QED) is 0.796. The van der Waals surface area contributed by atoms with Crippen LogP contribution in [0.1, 0.15) is 44.1 Å². The Balaban J connectivity index is 1.53. The lowest BCUT2D eigenvalue weighted by Gasteiger charge is -2.60. The van der Waals surface area contributed by atoms with Gasteiger partial charge >= 0.3 is 0 Å². The average molecular weight is 273 g/mol. The Hall–Kier alpha value is -0.890. The first-order chi connectivity index (χ1) is 9.63. The minimum atomic E-state index is -0.133. The van der Waals surface area contributed by atoms with Crippen molar-refractivity contribution in [2.24, 2.45) is 17.8 Å². The first kappa shape index (κ1) is 12.8. The lowest BCUT2D eigenvalue weighted by Crippen LogP contribution is -2.58. The van der Waals surface area contributed by atoms with Crippen LogP contribution in [0.5, 0.6) is 0 Å². The van der Waals surface area contributed by atoms with E-state index in [0.717, 1.165) is 24.3 Å². The second kappa shape index (κ2) is 4.56. The smallest absolute Gasteiger partial charge is 0.123 e. The zero-order valence-electron chi connectivity index (χ0n) is 12.3. The maximum Gasteiger partial charge on any atom is 0.123 e. The van der Waals surface area contributed by atoms with Crippen molar-refractivity contribution < 1.29 is 4.39 Å². The summed E-state index contributed by atoms with van der Waals surface area (Å²) in [6, 6.07) is 7.05. The van der Waals surface area contributed by atoms with Gasteiger partial charge in [0.25, 0.3) is 0 Å². The molecule has 108 valence electrons. The van der Waals surface area contributed by atoms with Crippen molar-refractivity contribution in [3.63, 3.8) is 0 Å². The molecule has 4 fully saturated rings. The largest absolute Gasteiger partial charge is 0.296 e. The van der Waals surface area contributed by atoms with Crippen LogP contribution in [0.4, 0.5) is 4.39 Å². The molecule has 0 spiro atoms. The molecule has 0 aliphatic heterocycles. The van der Waals surface area contributed by atoms with E-state index in [-0.39, 0.29) is 5.82 Å². The SMILES string of the molecule is CN(Cc1ccc(F)cc1)C12CC3CC(CC(C3)C1)C2. The van der Waals surface area contributed by atoms with Crippen LogP contribution in [-0.4, -0.2) is 17.5 Å². The van der Waals surface area contributed by atoms with Gasteiger partial charge in [-0.1, -0.05) is 12.1 Å². The highest BCUT2D eigenvalue weighted by Gasteiger charge is 2.52. The Labute approximate surface area is 121 Å². The molecular formula is C18H24FN. The van der Waals surface area contributed by atoms with Gasteiger partial charge in [-0.05, 0) is 81.0 Å². The lowest BCUT2D eigenvalue weighted by molar-refractivity contribution is -0.0822. The summed E-state index contributed by atoms with van der Waals surface area (Å²) < 4.78 is 13.0. The Morgan fingerprint density at radius 1 is 1.00 bits per heavy atom. The molecule has 0 saturated heterocycles. The zero-order valence-corrected chi connectivity index (χ0v) is 12.3. The summed E-state index contributed by atoms with van der Waals surface area (Å²) in [5.41, 5.74) is 1.69. The van der Waals surface area contributed by atoms with Crippen LogP contribution in [0.2, 0.25) is 0 Å². The number of hydrogen-bond acceptors (Lipinski definition) is 1. The Bertz CT molecular complexity index is 457. The lowest BCUT2D eigenvalue weighted by atomic mass is 9.52. The summed E-state index contributed by atoms with van der Waals surface area (Å²) in [6.45, 7) is 0.965. The van der Waals surface area contributed by atoms with Crippen molar-refractivity contribution in [3.05, 3.63) is 35.6 Å². The Morgan fingerprint density at radius 3 is 2.00 bits per heavy atom. The minimum absolute atomic E-state index is 0.133. The van der Waals surface area contributed by atoms with Gasteiger partial charge in [-0.25, -0.2) is 4.39 Å². The summed E-state index contributed by atoms with van der Waals surface area (Å²) in [5.74, 6) is 2.82. The molecule has 20 heavy (non-hydrogen) atoms. The van der Waals surface area contributed by atoms with Gasteiger partial charge < -0.3 is 0 Å². The molecule has 1 nitrogen and oxygen atoms in total. The van der Waals surface area contributed by atoms with Crippen molar-refractivity contribution in [1.29, 1.82) is 0 Å². The number of benzene rings is 1. The first-order valence-electron chi connectivity index (χ1n) is 8.09. The van der Waals surface area contributed by atoms with E-state index in [1.54, 1.807) is 12.1 Å². The van der Waals surface area contributed by atoms with Crippen LogP contribution >= 0.6 is 0 Å². The predicted octanol–water partition coefficient (Wildman–Crippen LogP) is 4.23. The highest BCUT2D eigenvalue weighted by atomic mass is 19.1. The Kier molecular flexibility index (Phi) is 2.92. The summed E-state index contributed by atoms with van der Waals surface area (Å²) in [5, 5.41) is 0. The number of rotatable bonds is 3. The van der Waals surface area contributed by atoms with E-state index in [4.69, 9.17) is 0 Å². The monoisotopic (exact) mass is 273 g/mol. The van der Waals surface area contributed by atoms with Crippen molar-refractivity contribution in [1.82, 2.24) is 4.90 Å². The molecule has 0 heterocycles. The summed E-state index contributed by atoms with van der Waals surface area (Å²) >= 11 is 0. The van der Waals surface area contributed by atoms with Gasteiger partial charge in [0, 0.05) is 12.1 Å². The highest BCUT2D eigenvalue weighted by molar-refractivity contribution is 5.17. The maximum atomic E-state index is 13.0. The molecule has 0 N–H and O–H groups in total. The molecule has 5 rings (SSSR count). The minimum Gasteiger partial charge on any atom is -0.296 e. The fourth-order valence-electron chi connectivity index (χ4n) is 5.56. The number of nitrogens with zero attached hydrogens (tertiary/aromatic N) is 1. The topological polar surface area (TPSA) is 3.24 Å². The van der Waals surface area contributed by atoms with Crippen molar-refractivity contribution in [2.75, 3.05) is 7.05 Å². The van der Waals surface area contributed by atoms with E-state index in [1.165, 1.54) is 44.1 Å². The standard InChI is InChI=1S/C18H24FN/c1-20(12-13-2-4-17(19)5-3-13)18-9-14-6-15(10-18)8-16(7-14)11-18/h2-5,14-16H,6-12H2,1H3. The second-order valence-electron chi connectivity index (χ2n) is 7.62. The van der Waals surface area contributed by atoms with Crippen LogP contribution in [0, 0.1) is 23.6 Å². The third kappa shape index (κ3) is 2.09. The fourth-order valence-corrected chi connectivity index (χ4v) is 5.56. The van der Waals surface area contributed by atoms with Gasteiger partial charge in [0.15, 0.2) is 0 Å². The van der Waals surface area contributed by atoms with E-state index >= 15 is 0 Å². The molecule has 2 heteroatoms. The molecule has 4 bridgehead atoms. The van der Waals surface area contributed by atoms with E-state index in [0.29, 0.717) is 5.54 Å². The highest BCUT2D eigenvalue weighted by Crippen LogP contribution is 2.57. The Morgan fingerprint density at radius 2 is 1.50 bits per heavy atom. The summed E-state index contributed by atoms with van der Waals surface area (Å²) in [4.78, 5) is 2.59. The van der Waals surface area contributed by atoms with Crippen LogP contribution in [0.3, 0.4) is 0 Å². The average Bonchev–Trinajstić information content (AvgIpc) is 2.40.